The fourth-order valence-corrected chi connectivity index (χ4v) is 3.86. The summed E-state index contributed by atoms with van der Waals surface area (Å²) >= 11 is 0. The normalized spacial score (nSPS) is 14.9. The van der Waals surface area contributed by atoms with Crippen molar-refractivity contribution < 1.29 is 4.74 Å². The Morgan fingerprint density at radius 1 is 0.929 bits per heavy atom. The van der Waals surface area contributed by atoms with E-state index in [9.17, 15) is 0 Å². The fraction of sp³-hybridized carbons (Fsp3) is 0.318. The molecule has 0 bridgehead atoms. The molecule has 6 heteroatoms. The van der Waals surface area contributed by atoms with Crippen molar-refractivity contribution in [3.8, 4) is 17.1 Å². The predicted molar refractivity (Wildman–Crippen MR) is 110 cm³/mol. The summed E-state index contributed by atoms with van der Waals surface area (Å²) in [7, 11) is 0. The number of fused-ring (bicyclic) bond motifs is 3. The molecule has 0 saturated carbocycles. The average molecular weight is 373 g/mol. The zero-order valence-corrected chi connectivity index (χ0v) is 15.8. The van der Waals surface area contributed by atoms with Crippen LogP contribution in [0.2, 0.25) is 0 Å². The van der Waals surface area contributed by atoms with Crippen molar-refractivity contribution in [2.45, 2.75) is 19.3 Å². The molecular weight excluding hydrogens is 350 g/mol. The second-order valence-corrected chi connectivity index (χ2v) is 7.25. The zero-order valence-electron chi connectivity index (χ0n) is 15.8. The number of hydrogen-bond donors (Lipinski definition) is 0. The van der Waals surface area contributed by atoms with Crippen LogP contribution < -0.4 is 4.74 Å². The molecule has 5 rings (SSSR count). The summed E-state index contributed by atoms with van der Waals surface area (Å²) in [4.78, 5) is 7.04. The fourth-order valence-electron chi connectivity index (χ4n) is 3.86. The lowest BCUT2D eigenvalue weighted by Gasteiger charge is -2.14. The molecule has 2 aromatic carbocycles. The van der Waals surface area contributed by atoms with Gasteiger partial charge in [-0.3, -0.25) is 4.40 Å². The first kappa shape index (κ1) is 17.1. The number of aromatic nitrogens is 4. The molecular formula is C22H23N5O. The van der Waals surface area contributed by atoms with E-state index >= 15 is 0 Å². The predicted octanol–water partition coefficient (Wildman–Crippen LogP) is 3.81. The Morgan fingerprint density at radius 2 is 1.75 bits per heavy atom. The van der Waals surface area contributed by atoms with Crippen molar-refractivity contribution in [1.29, 1.82) is 0 Å². The van der Waals surface area contributed by atoms with Crippen LogP contribution in [-0.4, -0.2) is 50.7 Å². The van der Waals surface area contributed by atoms with E-state index in [4.69, 9.17) is 4.74 Å². The van der Waals surface area contributed by atoms with Crippen LogP contribution in [-0.2, 0) is 0 Å². The van der Waals surface area contributed by atoms with E-state index in [0.717, 1.165) is 53.3 Å². The van der Waals surface area contributed by atoms with E-state index in [0.29, 0.717) is 0 Å². The van der Waals surface area contributed by atoms with Crippen molar-refractivity contribution in [2.24, 2.45) is 0 Å². The van der Waals surface area contributed by atoms with E-state index in [1.165, 1.54) is 25.9 Å². The number of nitrogens with zero attached hydrogens (tertiary/aromatic N) is 5. The van der Waals surface area contributed by atoms with Gasteiger partial charge >= 0.3 is 0 Å². The number of likely N-dealkylation sites (tertiary alicyclic amines) is 1. The highest BCUT2D eigenvalue weighted by atomic mass is 16.5. The van der Waals surface area contributed by atoms with Crippen LogP contribution in [0.15, 0.2) is 54.9 Å². The van der Waals surface area contributed by atoms with E-state index in [-0.39, 0.29) is 0 Å². The van der Waals surface area contributed by atoms with Crippen LogP contribution in [0, 0.1) is 0 Å². The molecule has 28 heavy (non-hydrogen) atoms. The Kier molecular flexibility index (Phi) is 4.62. The summed E-state index contributed by atoms with van der Waals surface area (Å²) in [6, 6.07) is 16.0. The number of benzene rings is 2. The molecule has 1 aliphatic rings. The minimum Gasteiger partial charge on any atom is -0.494 e. The summed E-state index contributed by atoms with van der Waals surface area (Å²) in [6.07, 6.45) is 5.53. The maximum absolute atomic E-state index is 5.90. The molecule has 1 saturated heterocycles. The first-order valence-corrected chi connectivity index (χ1v) is 9.92. The van der Waals surface area contributed by atoms with Gasteiger partial charge in [0.25, 0.3) is 0 Å². The van der Waals surface area contributed by atoms with Crippen LogP contribution in [0.3, 0.4) is 0 Å². The molecule has 0 atom stereocenters. The Morgan fingerprint density at radius 3 is 2.61 bits per heavy atom. The highest BCUT2D eigenvalue weighted by molar-refractivity contribution is 5.91. The quantitative estimate of drug-likeness (QED) is 0.481. The molecule has 6 nitrogen and oxygen atoms in total. The summed E-state index contributed by atoms with van der Waals surface area (Å²) < 4.78 is 7.84. The molecule has 4 aromatic rings. The first-order valence-electron chi connectivity index (χ1n) is 9.92. The SMILES string of the molecule is c1ccc2c(c1)ncn1c(-c3ccc(OCCCN4CCCC4)cc3)nnc21. The molecule has 0 aliphatic carbocycles. The van der Waals surface area contributed by atoms with Gasteiger partial charge in [0.2, 0.25) is 0 Å². The van der Waals surface area contributed by atoms with Crippen molar-refractivity contribution in [2.75, 3.05) is 26.2 Å². The van der Waals surface area contributed by atoms with Gasteiger partial charge in [0.1, 0.15) is 12.1 Å². The zero-order chi connectivity index (χ0) is 18.8. The van der Waals surface area contributed by atoms with Gasteiger partial charge in [-0.05, 0) is 68.8 Å². The lowest BCUT2D eigenvalue weighted by molar-refractivity contribution is 0.263. The third kappa shape index (κ3) is 3.31. The van der Waals surface area contributed by atoms with Crippen LogP contribution in [0.5, 0.6) is 5.75 Å². The van der Waals surface area contributed by atoms with Crippen molar-refractivity contribution in [3.05, 3.63) is 54.9 Å². The van der Waals surface area contributed by atoms with Gasteiger partial charge in [-0.15, -0.1) is 10.2 Å². The maximum Gasteiger partial charge on any atom is 0.171 e. The largest absolute Gasteiger partial charge is 0.494 e. The molecule has 1 fully saturated rings. The van der Waals surface area contributed by atoms with Crippen LogP contribution in [0.25, 0.3) is 27.9 Å². The van der Waals surface area contributed by atoms with E-state index in [2.05, 4.69) is 20.1 Å². The number of para-hydroxylation sites is 1. The molecule has 0 radical (unpaired) electrons. The lowest BCUT2D eigenvalue weighted by Crippen LogP contribution is -2.21. The van der Waals surface area contributed by atoms with Gasteiger partial charge < -0.3 is 9.64 Å². The maximum atomic E-state index is 5.90. The van der Waals surface area contributed by atoms with Gasteiger partial charge in [0, 0.05) is 17.5 Å². The van der Waals surface area contributed by atoms with Gasteiger partial charge in [-0.25, -0.2) is 4.98 Å². The summed E-state index contributed by atoms with van der Waals surface area (Å²) in [5.74, 6) is 1.68. The van der Waals surface area contributed by atoms with E-state index < -0.39 is 0 Å². The summed E-state index contributed by atoms with van der Waals surface area (Å²) in [5.41, 5.74) is 2.74. The first-order chi connectivity index (χ1) is 13.9. The minimum atomic E-state index is 0.750. The highest BCUT2D eigenvalue weighted by Gasteiger charge is 2.12. The smallest absolute Gasteiger partial charge is 0.171 e. The highest BCUT2D eigenvalue weighted by Crippen LogP contribution is 2.24. The standard InChI is InChI=1S/C22H23N5O/c1-2-7-20-19(6-1)22-25-24-21(27(22)16-23-20)17-8-10-18(11-9-17)28-15-5-14-26-12-3-4-13-26/h1-2,6-11,16H,3-5,12-15H2. The topological polar surface area (TPSA) is 55.6 Å². The van der Waals surface area contributed by atoms with Crippen LogP contribution in [0.1, 0.15) is 19.3 Å². The van der Waals surface area contributed by atoms with Gasteiger partial charge in [-0.1, -0.05) is 12.1 Å². The molecule has 0 spiro atoms. The number of rotatable bonds is 6. The third-order valence-electron chi connectivity index (χ3n) is 5.35. The molecule has 0 amide bonds. The van der Waals surface area contributed by atoms with Crippen molar-refractivity contribution >= 4 is 16.6 Å². The average Bonchev–Trinajstić information content (AvgIpc) is 3.42. The lowest BCUT2D eigenvalue weighted by atomic mass is 10.2. The Labute approximate surface area is 163 Å². The molecule has 0 unspecified atom stereocenters. The van der Waals surface area contributed by atoms with Gasteiger partial charge in [0.15, 0.2) is 11.5 Å². The Hall–Kier alpha value is -2.99. The van der Waals surface area contributed by atoms with E-state index in [1.54, 1.807) is 6.33 Å². The second-order valence-electron chi connectivity index (χ2n) is 7.25. The Bertz CT molecular complexity index is 1080. The van der Waals surface area contributed by atoms with E-state index in [1.807, 2.05) is 52.9 Å². The van der Waals surface area contributed by atoms with Crippen molar-refractivity contribution in [1.82, 2.24) is 24.5 Å². The third-order valence-corrected chi connectivity index (χ3v) is 5.35. The number of ether oxygens (including phenoxy) is 1. The van der Waals surface area contributed by atoms with Crippen molar-refractivity contribution in [3.63, 3.8) is 0 Å². The van der Waals surface area contributed by atoms with Gasteiger partial charge in [0.05, 0.1) is 12.1 Å². The molecule has 142 valence electrons. The second kappa shape index (κ2) is 7.56. The molecule has 1 aliphatic heterocycles. The Balaban J connectivity index is 1.29. The molecule has 0 N–H and O–H groups in total. The number of hydrogen-bond acceptors (Lipinski definition) is 5. The van der Waals surface area contributed by atoms with Crippen LogP contribution in [0.4, 0.5) is 0 Å². The summed E-state index contributed by atoms with van der Waals surface area (Å²) in [5, 5.41) is 9.77. The monoisotopic (exact) mass is 373 g/mol. The summed E-state index contributed by atoms with van der Waals surface area (Å²) in [6.45, 7) is 4.36. The van der Waals surface area contributed by atoms with Crippen LogP contribution >= 0.6 is 0 Å². The van der Waals surface area contributed by atoms with Gasteiger partial charge in [-0.2, -0.15) is 0 Å². The molecule has 3 heterocycles. The minimum absolute atomic E-state index is 0.750. The molecule has 2 aromatic heterocycles.